The summed E-state index contributed by atoms with van der Waals surface area (Å²) < 4.78 is 0. The Morgan fingerprint density at radius 1 is 1.21 bits per heavy atom. The maximum atomic E-state index is 11.3. The zero-order valence-corrected chi connectivity index (χ0v) is 8.99. The van der Waals surface area contributed by atoms with E-state index in [0.717, 1.165) is 0 Å². The predicted octanol–water partition coefficient (Wildman–Crippen LogP) is 1.04. The lowest BCUT2D eigenvalue weighted by Crippen LogP contribution is -2.37. The average Bonchev–Trinajstić information content (AvgIpc) is 2.00. The van der Waals surface area contributed by atoms with Crippen molar-refractivity contribution in [2.45, 2.75) is 39.7 Å². The van der Waals surface area contributed by atoms with Gasteiger partial charge in [-0.05, 0) is 11.8 Å². The van der Waals surface area contributed by atoms with Crippen LogP contribution in [0.4, 0.5) is 0 Å². The van der Waals surface area contributed by atoms with E-state index in [4.69, 9.17) is 10.8 Å². The molecule has 4 heteroatoms. The molecule has 0 aliphatic carbocycles. The van der Waals surface area contributed by atoms with Crippen molar-refractivity contribution in [2.75, 3.05) is 0 Å². The second-order valence-electron chi connectivity index (χ2n) is 4.18. The summed E-state index contributed by atoms with van der Waals surface area (Å²) >= 11 is 0. The Labute approximate surface area is 84.5 Å². The Morgan fingerprint density at radius 2 is 1.71 bits per heavy atom. The van der Waals surface area contributed by atoms with Crippen LogP contribution in [0.15, 0.2) is 0 Å². The van der Waals surface area contributed by atoms with Gasteiger partial charge in [0.05, 0.1) is 0 Å². The van der Waals surface area contributed by atoms with E-state index in [1.807, 2.05) is 13.8 Å². The first-order valence-electron chi connectivity index (χ1n) is 4.84. The molecule has 0 saturated carbocycles. The van der Waals surface area contributed by atoms with E-state index < -0.39 is 12.0 Å². The molecule has 0 radical (unpaired) electrons. The minimum absolute atomic E-state index is 0.0872. The van der Waals surface area contributed by atoms with Crippen molar-refractivity contribution in [3.8, 4) is 0 Å². The molecule has 0 spiro atoms. The van der Waals surface area contributed by atoms with E-state index >= 15 is 0 Å². The molecule has 0 rings (SSSR count). The van der Waals surface area contributed by atoms with Crippen molar-refractivity contribution in [3.05, 3.63) is 0 Å². The number of nitrogens with two attached hydrogens (primary N) is 1. The van der Waals surface area contributed by atoms with Gasteiger partial charge in [-0.15, -0.1) is 0 Å². The third-order valence-corrected chi connectivity index (χ3v) is 2.08. The standard InChI is InChI=1S/C10H19NO3/c1-6(2)4-8(12)5-7(3)9(11)10(13)14/h6-7,9H,4-5,11H2,1-3H3,(H,13,14)/t7?,9-/m0/s1. The van der Waals surface area contributed by atoms with Gasteiger partial charge in [0, 0.05) is 12.8 Å². The second kappa shape index (κ2) is 5.75. The topological polar surface area (TPSA) is 80.4 Å². The lowest BCUT2D eigenvalue weighted by Gasteiger charge is -2.15. The van der Waals surface area contributed by atoms with Gasteiger partial charge in [-0.3, -0.25) is 9.59 Å². The van der Waals surface area contributed by atoms with Crippen LogP contribution >= 0.6 is 0 Å². The molecule has 0 fully saturated rings. The van der Waals surface area contributed by atoms with E-state index in [9.17, 15) is 9.59 Å². The van der Waals surface area contributed by atoms with Crippen molar-refractivity contribution in [2.24, 2.45) is 17.6 Å². The van der Waals surface area contributed by atoms with Gasteiger partial charge in [0.15, 0.2) is 0 Å². The van der Waals surface area contributed by atoms with E-state index in [0.29, 0.717) is 12.3 Å². The van der Waals surface area contributed by atoms with Crippen molar-refractivity contribution in [3.63, 3.8) is 0 Å². The van der Waals surface area contributed by atoms with Crippen LogP contribution in [0.5, 0.6) is 0 Å². The van der Waals surface area contributed by atoms with Gasteiger partial charge in [-0.2, -0.15) is 0 Å². The monoisotopic (exact) mass is 201 g/mol. The number of carbonyl (C=O) groups is 2. The Balaban J connectivity index is 3.99. The summed E-state index contributed by atoms with van der Waals surface area (Å²) in [6.45, 7) is 5.61. The first-order valence-corrected chi connectivity index (χ1v) is 4.84. The van der Waals surface area contributed by atoms with E-state index in [1.165, 1.54) is 0 Å². The average molecular weight is 201 g/mol. The predicted molar refractivity (Wildman–Crippen MR) is 53.9 cm³/mol. The van der Waals surface area contributed by atoms with Gasteiger partial charge < -0.3 is 10.8 Å². The Bertz CT molecular complexity index is 213. The van der Waals surface area contributed by atoms with Gasteiger partial charge in [0.2, 0.25) is 0 Å². The molecule has 0 saturated heterocycles. The van der Waals surface area contributed by atoms with Gasteiger partial charge in [0.1, 0.15) is 11.8 Å². The number of Topliss-reactive ketones (excluding diaryl/α,β-unsaturated/α-hetero) is 1. The fraction of sp³-hybridized carbons (Fsp3) is 0.800. The third kappa shape index (κ3) is 4.97. The molecule has 0 aromatic rings. The number of hydrogen-bond acceptors (Lipinski definition) is 3. The highest BCUT2D eigenvalue weighted by molar-refractivity contribution is 5.80. The maximum Gasteiger partial charge on any atom is 0.320 e. The smallest absolute Gasteiger partial charge is 0.320 e. The number of hydrogen-bond donors (Lipinski definition) is 2. The quantitative estimate of drug-likeness (QED) is 0.672. The molecule has 0 amide bonds. The molecule has 2 atom stereocenters. The first kappa shape index (κ1) is 13.1. The van der Waals surface area contributed by atoms with E-state index in [1.54, 1.807) is 6.92 Å². The largest absolute Gasteiger partial charge is 0.480 e. The molecule has 0 aliphatic heterocycles. The Morgan fingerprint density at radius 3 is 2.07 bits per heavy atom. The lowest BCUT2D eigenvalue weighted by molar-refractivity contribution is -0.139. The number of carboxylic acids is 1. The maximum absolute atomic E-state index is 11.3. The fourth-order valence-corrected chi connectivity index (χ4v) is 1.27. The summed E-state index contributed by atoms with van der Waals surface area (Å²) in [5.74, 6) is -0.937. The van der Waals surface area contributed by atoms with Crippen molar-refractivity contribution in [1.82, 2.24) is 0 Å². The Kier molecular flexibility index (Phi) is 5.38. The zero-order valence-electron chi connectivity index (χ0n) is 8.99. The highest BCUT2D eigenvalue weighted by Crippen LogP contribution is 2.11. The van der Waals surface area contributed by atoms with Crippen LogP contribution in [0.3, 0.4) is 0 Å². The zero-order chi connectivity index (χ0) is 11.3. The normalized spacial score (nSPS) is 15.2. The van der Waals surface area contributed by atoms with Gasteiger partial charge in [0.25, 0.3) is 0 Å². The molecular formula is C10H19NO3. The molecule has 3 N–H and O–H groups in total. The molecule has 0 aromatic heterocycles. The van der Waals surface area contributed by atoms with Crippen LogP contribution < -0.4 is 5.73 Å². The molecule has 14 heavy (non-hydrogen) atoms. The number of ketones is 1. The van der Waals surface area contributed by atoms with Crippen LogP contribution in [-0.4, -0.2) is 22.9 Å². The molecular weight excluding hydrogens is 182 g/mol. The summed E-state index contributed by atoms with van der Waals surface area (Å²) in [6, 6.07) is -0.939. The SMILES string of the molecule is CC(C)CC(=O)CC(C)[C@H](N)C(=O)O. The van der Waals surface area contributed by atoms with E-state index in [-0.39, 0.29) is 18.1 Å². The fourth-order valence-electron chi connectivity index (χ4n) is 1.27. The number of carbonyl (C=O) groups excluding carboxylic acids is 1. The first-order chi connectivity index (χ1) is 6.34. The Hall–Kier alpha value is -0.900. The molecule has 0 aromatic carbocycles. The number of carboxylic acid groups (broad SMARTS) is 1. The highest BCUT2D eigenvalue weighted by atomic mass is 16.4. The van der Waals surface area contributed by atoms with Crippen molar-refractivity contribution in [1.29, 1.82) is 0 Å². The summed E-state index contributed by atoms with van der Waals surface area (Å²) in [6.07, 6.45) is 0.752. The molecule has 82 valence electrons. The van der Waals surface area contributed by atoms with Crippen LogP contribution in [0.25, 0.3) is 0 Å². The molecule has 0 aliphatic rings. The summed E-state index contributed by atoms with van der Waals surface area (Å²) in [4.78, 5) is 21.9. The van der Waals surface area contributed by atoms with Crippen molar-refractivity contribution >= 4 is 11.8 Å². The second-order valence-corrected chi connectivity index (χ2v) is 4.18. The number of rotatable bonds is 6. The minimum Gasteiger partial charge on any atom is -0.480 e. The molecule has 4 nitrogen and oxygen atoms in total. The third-order valence-electron chi connectivity index (χ3n) is 2.08. The van der Waals surface area contributed by atoms with Crippen molar-refractivity contribution < 1.29 is 14.7 Å². The summed E-state index contributed by atoms with van der Waals surface area (Å²) in [5, 5.41) is 8.61. The minimum atomic E-state index is -1.05. The molecule has 0 bridgehead atoms. The summed E-state index contributed by atoms with van der Waals surface area (Å²) in [7, 11) is 0. The molecule has 0 heterocycles. The van der Waals surface area contributed by atoms with Gasteiger partial charge >= 0.3 is 5.97 Å². The van der Waals surface area contributed by atoms with Gasteiger partial charge in [-0.25, -0.2) is 0 Å². The van der Waals surface area contributed by atoms with Crippen LogP contribution in [0.1, 0.15) is 33.6 Å². The lowest BCUT2D eigenvalue weighted by atomic mass is 9.93. The van der Waals surface area contributed by atoms with Crippen LogP contribution in [-0.2, 0) is 9.59 Å². The van der Waals surface area contributed by atoms with E-state index in [2.05, 4.69) is 0 Å². The molecule has 1 unspecified atom stereocenters. The van der Waals surface area contributed by atoms with Crippen LogP contribution in [0.2, 0.25) is 0 Å². The van der Waals surface area contributed by atoms with Crippen LogP contribution in [0, 0.1) is 11.8 Å². The number of aliphatic carboxylic acids is 1. The highest BCUT2D eigenvalue weighted by Gasteiger charge is 2.22. The summed E-state index contributed by atoms with van der Waals surface area (Å²) in [5.41, 5.74) is 5.39. The van der Waals surface area contributed by atoms with Gasteiger partial charge in [-0.1, -0.05) is 20.8 Å².